The molecule has 0 aliphatic carbocycles. The topological polar surface area (TPSA) is 185 Å². The fourth-order valence-electron chi connectivity index (χ4n) is 8.26. The maximum Gasteiger partial charge on any atom is 0.311 e. The molecule has 0 amide bonds. The van der Waals surface area contributed by atoms with Gasteiger partial charge in [-0.15, -0.1) is 0 Å². The highest BCUT2D eigenvalue weighted by molar-refractivity contribution is 5.73. The number of aliphatic hydroxyl groups is 6. The third kappa shape index (κ3) is 17.7. The molecule has 0 spiro atoms. The van der Waals surface area contributed by atoms with Crippen molar-refractivity contribution in [3.8, 4) is 0 Å². The molecule has 330 valence electrons. The molecule has 0 aromatic rings. The van der Waals surface area contributed by atoms with Crippen molar-refractivity contribution in [1.82, 2.24) is 0 Å². The highest BCUT2D eigenvalue weighted by atomic mass is 16.8. The molecular weight excluding hydrogens is 720 g/mol. The number of carbonyl (C=O) groups is 1. The van der Waals surface area contributed by atoms with Crippen LogP contribution in [0.5, 0.6) is 0 Å². The van der Waals surface area contributed by atoms with Gasteiger partial charge in [-0.25, -0.2) is 0 Å². The fraction of sp³-hybridized carbons (Fsp3) is 0.977. The summed E-state index contributed by atoms with van der Waals surface area (Å²) >= 11 is 0. The number of esters is 1. The van der Waals surface area contributed by atoms with E-state index in [-0.39, 0.29) is 6.61 Å². The first-order valence-electron chi connectivity index (χ1n) is 23.0. The van der Waals surface area contributed by atoms with E-state index in [0.29, 0.717) is 12.8 Å². The Morgan fingerprint density at radius 1 is 0.554 bits per heavy atom. The Balaban J connectivity index is 1.43. The van der Waals surface area contributed by atoms with Gasteiger partial charge in [-0.05, 0) is 12.8 Å². The summed E-state index contributed by atoms with van der Waals surface area (Å²) in [5, 5.41) is 64.0. The van der Waals surface area contributed by atoms with E-state index in [4.69, 9.17) is 23.7 Å². The Labute approximate surface area is 338 Å². The predicted octanol–water partition coefficient (Wildman–Crippen LogP) is 6.75. The van der Waals surface area contributed by atoms with Gasteiger partial charge in [0.25, 0.3) is 0 Å². The van der Waals surface area contributed by atoms with Crippen LogP contribution >= 0.6 is 0 Å². The highest BCUT2D eigenvalue weighted by Crippen LogP contribution is 2.33. The lowest BCUT2D eigenvalue weighted by molar-refractivity contribution is -0.397. The van der Waals surface area contributed by atoms with E-state index in [1.165, 1.54) is 116 Å². The van der Waals surface area contributed by atoms with Gasteiger partial charge in [-0.3, -0.25) is 4.79 Å². The zero-order valence-electron chi connectivity index (χ0n) is 35.1. The Kier molecular flexibility index (Phi) is 25.9. The van der Waals surface area contributed by atoms with Crippen LogP contribution < -0.4 is 0 Å². The van der Waals surface area contributed by atoms with Crippen LogP contribution in [0, 0.1) is 5.92 Å². The summed E-state index contributed by atoms with van der Waals surface area (Å²) in [6.45, 7) is 4.25. The smallest absolute Gasteiger partial charge is 0.311 e. The van der Waals surface area contributed by atoms with Crippen molar-refractivity contribution in [1.29, 1.82) is 0 Å². The lowest BCUT2D eigenvalue weighted by Crippen LogP contribution is -2.67. The molecule has 0 bridgehead atoms. The van der Waals surface area contributed by atoms with Gasteiger partial charge in [-0.1, -0.05) is 174 Å². The molecular formula is C44H82O12. The second-order valence-corrected chi connectivity index (χ2v) is 17.0. The molecule has 0 radical (unpaired) electrons. The minimum absolute atomic E-state index is 0.202. The Morgan fingerprint density at radius 2 is 0.982 bits per heavy atom. The quantitative estimate of drug-likeness (QED) is 0.0304. The number of rotatable bonds is 33. The summed E-state index contributed by atoms with van der Waals surface area (Å²) in [5.41, 5.74) is 0. The predicted molar refractivity (Wildman–Crippen MR) is 215 cm³/mol. The first kappa shape index (κ1) is 49.4. The summed E-state index contributed by atoms with van der Waals surface area (Å²) in [7, 11) is 0. The number of unbranched alkanes of at least 4 members (excludes halogenated alkanes) is 23. The van der Waals surface area contributed by atoms with Crippen molar-refractivity contribution in [2.24, 2.45) is 5.92 Å². The first-order chi connectivity index (χ1) is 27.2. The standard InChI is InChI=1S/C44H82O12/c1-3-5-7-9-11-13-15-17-19-21-23-25-27-29-33(45)32(28-26-24-22-20-18-16-14-12-10-8-6-4-2)42(51)53-30-34-36(46)37(47)39(49)43(54-34)56-44-40(50)38(48)41-35(55-44)31-52-41/h32-41,43-50H,3-31H2,1-2H3/t32?,33?,34-,35-,36+,37+,38-,39-,40-,41+,43-,44-/m1/s1. The van der Waals surface area contributed by atoms with Gasteiger partial charge in [0.05, 0.1) is 18.6 Å². The molecule has 0 aromatic heterocycles. The van der Waals surface area contributed by atoms with E-state index >= 15 is 0 Å². The van der Waals surface area contributed by atoms with E-state index in [0.717, 1.165) is 44.9 Å². The van der Waals surface area contributed by atoms with Crippen molar-refractivity contribution in [2.75, 3.05) is 13.2 Å². The summed E-state index contributed by atoms with van der Waals surface area (Å²) in [6.07, 6.45) is 17.2. The SMILES string of the molecule is CCCCCCCCCCCCCCCC(O)C(CCCCCCCCCCCCCC)C(=O)OC[C@H]1O[C@H](O[C@H]2O[C@@H]3CO[C@@H]3[C@H](O)[C@H]2O)[C@H](O)[C@@H](O)[C@H]1O. The van der Waals surface area contributed by atoms with Gasteiger partial charge in [-0.2, -0.15) is 0 Å². The number of aliphatic hydroxyl groups excluding tert-OH is 6. The van der Waals surface area contributed by atoms with Gasteiger partial charge in [0.2, 0.25) is 0 Å². The van der Waals surface area contributed by atoms with E-state index in [2.05, 4.69) is 13.8 Å². The summed E-state index contributed by atoms with van der Waals surface area (Å²) in [4.78, 5) is 13.5. The second-order valence-electron chi connectivity index (χ2n) is 17.0. The summed E-state index contributed by atoms with van der Waals surface area (Å²) in [5.74, 6) is -1.32. The van der Waals surface area contributed by atoms with E-state index < -0.39 is 86.0 Å². The second kappa shape index (κ2) is 29.3. The molecule has 3 saturated heterocycles. The lowest BCUT2D eigenvalue weighted by Gasteiger charge is -2.49. The summed E-state index contributed by atoms with van der Waals surface area (Å²) < 4.78 is 27.9. The number of carbonyl (C=O) groups excluding carboxylic acids is 1. The van der Waals surface area contributed by atoms with Gasteiger partial charge in [0.1, 0.15) is 55.4 Å². The molecule has 3 fully saturated rings. The maximum absolute atomic E-state index is 13.5. The monoisotopic (exact) mass is 803 g/mol. The Bertz CT molecular complexity index is 988. The van der Waals surface area contributed by atoms with Crippen LogP contribution in [-0.4, -0.2) is 117 Å². The van der Waals surface area contributed by atoms with Gasteiger partial charge < -0.3 is 54.3 Å². The van der Waals surface area contributed by atoms with Crippen LogP contribution in [0.15, 0.2) is 0 Å². The van der Waals surface area contributed by atoms with Gasteiger partial charge >= 0.3 is 5.97 Å². The number of hydrogen-bond donors (Lipinski definition) is 6. The van der Waals surface area contributed by atoms with E-state index in [1.54, 1.807) is 0 Å². The van der Waals surface area contributed by atoms with Crippen molar-refractivity contribution >= 4 is 5.97 Å². The number of hydrogen-bond acceptors (Lipinski definition) is 12. The first-order valence-corrected chi connectivity index (χ1v) is 23.0. The van der Waals surface area contributed by atoms with Crippen molar-refractivity contribution in [3.63, 3.8) is 0 Å². The fourth-order valence-corrected chi connectivity index (χ4v) is 8.26. The Hall–Kier alpha value is -0.930. The van der Waals surface area contributed by atoms with Crippen LogP contribution in [0.25, 0.3) is 0 Å². The molecule has 0 aromatic carbocycles. The molecule has 0 saturated carbocycles. The van der Waals surface area contributed by atoms with Crippen LogP contribution in [0.1, 0.15) is 187 Å². The minimum atomic E-state index is -1.71. The number of fused-ring (bicyclic) bond motifs is 1. The van der Waals surface area contributed by atoms with Gasteiger partial charge in [0.15, 0.2) is 12.6 Å². The normalized spacial score (nSPS) is 30.1. The van der Waals surface area contributed by atoms with Crippen LogP contribution in [0.2, 0.25) is 0 Å². The summed E-state index contributed by atoms with van der Waals surface area (Å²) in [6, 6.07) is 0. The third-order valence-electron chi connectivity index (χ3n) is 12.2. The molecule has 12 nitrogen and oxygen atoms in total. The van der Waals surface area contributed by atoms with Crippen LogP contribution in [0.3, 0.4) is 0 Å². The van der Waals surface area contributed by atoms with Crippen molar-refractivity contribution in [2.45, 2.75) is 255 Å². The minimum Gasteiger partial charge on any atom is -0.463 e. The lowest BCUT2D eigenvalue weighted by atomic mass is 9.91. The van der Waals surface area contributed by atoms with E-state index in [1.807, 2.05) is 0 Å². The molecule has 12 heteroatoms. The average Bonchev–Trinajstić information content (AvgIpc) is 3.18. The van der Waals surface area contributed by atoms with Crippen molar-refractivity contribution in [3.05, 3.63) is 0 Å². The molecule has 3 heterocycles. The van der Waals surface area contributed by atoms with Crippen LogP contribution in [-0.2, 0) is 28.5 Å². The average molecular weight is 803 g/mol. The zero-order valence-corrected chi connectivity index (χ0v) is 35.1. The highest BCUT2D eigenvalue weighted by Gasteiger charge is 2.53. The molecule has 2 unspecified atom stereocenters. The Morgan fingerprint density at radius 3 is 1.45 bits per heavy atom. The van der Waals surface area contributed by atoms with Gasteiger partial charge in [0, 0.05) is 0 Å². The third-order valence-corrected chi connectivity index (χ3v) is 12.2. The van der Waals surface area contributed by atoms with Crippen molar-refractivity contribution < 1.29 is 59.1 Å². The molecule has 12 atom stereocenters. The zero-order chi connectivity index (χ0) is 40.5. The molecule has 56 heavy (non-hydrogen) atoms. The van der Waals surface area contributed by atoms with E-state index in [9.17, 15) is 35.4 Å². The molecule has 3 rings (SSSR count). The van der Waals surface area contributed by atoms with Crippen LogP contribution in [0.4, 0.5) is 0 Å². The molecule has 3 aliphatic rings. The number of ether oxygens (including phenoxy) is 5. The largest absolute Gasteiger partial charge is 0.463 e. The molecule has 6 N–H and O–H groups in total. The maximum atomic E-state index is 13.5. The molecule has 3 aliphatic heterocycles.